The van der Waals surface area contributed by atoms with Gasteiger partial charge < -0.3 is 9.90 Å². The highest BCUT2D eigenvalue weighted by molar-refractivity contribution is 5.67. The quantitative estimate of drug-likeness (QED) is 0.308. The molecule has 0 aromatic rings. The molecule has 0 aliphatic heterocycles. The Morgan fingerprint density at radius 3 is 1.95 bits per heavy atom. The van der Waals surface area contributed by atoms with Gasteiger partial charge in [-0.05, 0) is 25.2 Å². The summed E-state index contributed by atoms with van der Waals surface area (Å²) in [5, 5.41) is 8.91. The van der Waals surface area contributed by atoms with Crippen LogP contribution in [0.15, 0.2) is 0 Å². The maximum atomic E-state index is 10.8. The van der Waals surface area contributed by atoms with E-state index in [2.05, 4.69) is 6.92 Å². The molecule has 1 atom stereocenters. The van der Waals surface area contributed by atoms with Crippen LogP contribution in [0.1, 0.15) is 96.8 Å². The summed E-state index contributed by atoms with van der Waals surface area (Å²) in [4.78, 5) is 21.2. The first-order chi connectivity index (χ1) is 10.2. The molecule has 3 nitrogen and oxygen atoms in total. The maximum absolute atomic E-state index is 10.8. The topological polar surface area (TPSA) is 54.4 Å². The largest absolute Gasteiger partial charge is 0.481 e. The maximum Gasteiger partial charge on any atom is 0.303 e. The molecule has 0 saturated heterocycles. The highest BCUT2D eigenvalue weighted by Gasteiger charge is 2.12. The van der Waals surface area contributed by atoms with Crippen LogP contribution in [-0.2, 0) is 9.59 Å². The molecule has 21 heavy (non-hydrogen) atoms. The lowest BCUT2D eigenvalue weighted by Crippen LogP contribution is -2.08. The number of carboxylic acids is 1. The van der Waals surface area contributed by atoms with Crippen molar-refractivity contribution in [1.29, 1.82) is 0 Å². The van der Waals surface area contributed by atoms with Crippen molar-refractivity contribution >= 4 is 12.3 Å². The van der Waals surface area contributed by atoms with E-state index in [1.807, 2.05) is 0 Å². The van der Waals surface area contributed by atoms with Gasteiger partial charge in [0.25, 0.3) is 0 Å². The zero-order chi connectivity index (χ0) is 15.8. The predicted molar refractivity (Wildman–Crippen MR) is 87.5 cm³/mol. The lowest BCUT2D eigenvalue weighted by atomic mass is 9.92. The molecule has 0 rings (SSSR count). The molecule has 0 heterocycles. The van der Waals surface area contributed by atoms with Gasteiger partial charge in [0, 0.05) is 12.8 Å². The molecule has 0 amide bonds. The van der Waals surface area contributed by atoms with Crippen molar-refractivity contribution < 1.29 is 14.7 Å². The minimum atomic E-state index is -0.706. The number of carbonyl (C=O) groups excluding carboxylic acids is 1. The molecule has 0 aromatic heterocycles. The van der Waals surface area contributed by atoms with E-state index in [1.165, 1.54) is 51.4 Å². The van der Waals surface area contributed by atoms with Gasteiger partial charge in [-0.25, -0.2) is 0 Å². The summed E-state index contributed by atoms with van der Waals surface area (Å²) in [6.45, 7) is 2.24. The van der Waals surface area contributed by atoms with Crippen LogP contribution in [0.25, 0.3) is 0 Å². The zero-order valence-electron chi connectivity index (χ0n) is 13.8. The number of aliphatic carboxylic acids is 1. The SMILES string of the molecule is CCCCCCCCCCCC(CCCC=O)CC(=O)O. The Morgan fingerprint density at radius 1 is 0.905 bits per heavy atom. The van der Waals surface area contributed by atoms with Gasteiger partial charge in [-0.1, -0.05) is 64.7 Å². The Balaban J connectivity index is 3.53. The molecule has 0 spiro atoms. The van der Waals surface area contributed by atoms with Crippen LogP contribution >= 0.6 is 0 Å². The molecule has 0 saturated carbocycles. The van der Waals surface area contributed by atoms with Crippen LogP contribution in [0, 0.1) is 5.92 Å². The lowest BCUT2D eigenvalue weighted by Gasteiger charge is -2.13. The van der Waals surface area contributed by atoms with Crippen LogP contribution in [0.4, 0.5) is 0 Å². The standard InChI is InChI=1S/C18H34O3/c1-2-3-4-5-6-7-8-9-10-13-17(16-18(20)21)14-11-12-15-19/h15,17H,2-14,16H2,1H3,(H,20,21). The number of rotatable bonds is 16. The molecule has 0 bridgehead atoms. The first-order valence-electron chi connectivity index (χ1n) is 8.86. The minimum absolute atomic E-state index is 0.256. The van der Waals surface area contributed by atoms with Gasteiger partial charge in [0.2, 0.25) is 0 Å². The van der Waals surface area contributed by atoms with Crippen LogP contribution in [0.3, 0.4) is 0 Å². The highest BCUT2D eigenvalue weighted by Crippen LogP contribution is 2.21. The number of hydrogen-bond acceptors (Lipinski definition) is 2. The number of carboxylic acid groups (broad SMARTS) is 1. The number of unbranched alkanes of at least 4 members (excludes halogenated alkanes) is 9. The van der Waals surface area contributed by atoms with Gasteiger partial charge in [0.05, 0.1) is 0 Å². The molecule has 0 fully saturated rings. The monoisotopic (exact) mass is 298 g/mol. The van der Waals surface area contributed by atoms with Crippen molar-refractivity contribution in [3.8, 4) is 0 Å². The van der Waals surface area contributed by atoms with Crippen LogP contribution in [0.5, 0.6) is 0 Å². The van der Waals surface area contributed by atoms with Crippen molar-refractivity contribution in [2.75, 3.05) is 0 Å². The summed E-state index contributed by atoms with van der Waals surface area (Å²) < 4.78 is 0. The molecular weight excluding hydrogens is 264 g/mol. The van der Waals surface area contributed by atoms with Gasteiger partial charge in [-0.2, -0.15) is 0 Å². The molecule has 0 aliphatic carbocycles. The third-order valence-corrected chi connectivity index (χ3v) is 4.11. The fourth-order valence-electron chi connectivity index (χ4n) is 2.83. The van der Waals surface area contributed by atoms with Crippen molar-refractivity contribution in [3.05, 3.63) is 0 Å². The summed E-state index contributed by atoms with van der Waals surface area (Å²) in [5.74, 6) is -0.450. The van der Waals surface area contributed by atoms with E-state index in [4.69, 9.17) is 5.11 Å². The lowest BCUT2D eigenvalue weighted by molar-refractivity contribution is -0.138. The van der Waals surface area contributed by atoms with Crippen molar-refractivity contribution in [2.45, 2.75) is 96.8 Å². The Hall–Kier alpha value is -0.860. The molecule has 0 aliphatic rings. The second-order valence-corrected chi connectivity index (χ2v) is 6.18. The number of aldehydes is 1. The summed E-state index contributed by atoms with van der Waals surface area (Å²) in [5.41, 5.74) is 0. The van der Waals surface area contributed by atoms with E-state index in [9.17, 15) is 9.59 Å². The van der Waals surface area contributed by atoms with Gasteiger partial charge in [0.15, 0.2) is 0 Å². The zero-order valence-corrected chi connectivity index (χ0v) is 13.8. The van der Waals surface area contributed by atoms with E-state index in [-0.39, 0.29) is 12.3 Å². The van der Waals surface area contributed by atoms with Gasteiger partial charge >= 0.3 is 5.97 Å². The van der Waals surface area contributed by atoms with Crippen LogP contribution in [-0.4, -0.2) is 17.4 Å². The van der Waals surface area contributed by atoms with Gasteiger partial charge in [-0.3, -0.25) is 4.79 Å². The molecule has 1 N–H and O–H groups in total. The second kappa shape index (κ2) is 15.5. The first kappa shape index (κ1) is 20.1. The molecule has 0 radical (unpaired) electrons. The van der Waals surface area contributed by atoms with Gasteiger partial charge in [0.1, 0.15) is 6.29 Å². The molecule has 3 heteroatoms. The van der Waals surface area contributed by atoms with Crippen molar-refractivity contribution in [2.24, 2.45) is 5.92 Å². The van der Waals surface area contributed by atoms with Crippen molar-refractivity contribution in [1.82, 2.24) is 0 Å². The summed E-state index contributed by atoms with van der Waals surface area (Å²) in [6, 6.07) is 0. The Bertz CT molecular complexity index is 251. The minimum Gasteiger partial charge on any atom is -0.481 e. The highest BCUT2D eigenvalue weighted by atomic mass is 16.4. The number of carbonyl (C=O) groups is 2. The van der Waals surface area contributed by atoms with Crippen LogP contribution < -0.4 is 0 Å². The Labute approximate surface area is 130 Å². The summed E-state index contributed by atoms with van der Waals surface area (Å²) >= 11 is 0. The Morgan fingerprint density at radius 2 is 1.43 bits per heavy atom. The van der Waals surface area contributed by atoms with E-state index in [0.717, 1.165) is 32.0 Å². The fraction of sp³-hybridized carbons (Fsp3) is 0.889. The fourth-order valence-corrected chi connectivity index (χ4v) is 2.83. The molecule has 124 valence electrons. The summed E-state index contributed by atoms with van der Waals surface area (Å²) in [7, 11) is 0. The predicted octanol–water partition coefficient (Wildman–Crippen LogP) is 5.37. The van der Waals surface area contributed by atoms with Crippen molar-refractivity contribution in [3.63, 3.8) is 0 Å². The molecule has 1 unspecified atom stereocenters. The smallest absolute Gasteiger partial charge is 0.303 e. The summed E-state index contributed by atoms with van der Waals surface area (Å²) in [6.07, 6.45) is 16.1. The average molecular weight is 298 g/mol. The van der Waals surface area contributed by atoms with E-state index in [0.29, 0.717) is 6.42 Å². The normalized spacial score (nSPS) is 12.2. The van der Waals surface area contributed by atoms with E-state index in [1.54, 1.807) is 0 Å². The van der Waals surface area contributed by atoms with E-state index < -0.39 is 5.97 Å². The number of hydrogen-bond donors (Lipinski definition) is 1. The third-order valence-electron chi connectivity index (χ3n) is 4.11. The van der Waals surface area contributed by atoms with E-state index >= 15 is 0 Å². The van der Waals surface area contributed by atoms with Crippen LogP contribution in [0.2, 0.25) is 0 Å². The van der Waals surface area contributed by atoms with Gasteiger partial charge in [-0.15, -0.1) is 0 Å². The molecule has 0 aromatic carbocycles. The average Bonchev–Trinajstić information content (AvgIpc) is 2.45. The third kappa shape index (κ3) is 15.3. The second-order valence-electron chi connectivity index (χ2n) is 6.18. The Kier molecular flexibility index (Phi) is 14.9. The molecular formula is C18H34O3. The first-order valence-corrected chi connectivity index (χ1v) is 8.86.